The molecule has 154 valence electrons. The molecule has 0 radical (unpaired) electrons. The highest BCUT2D eigenvalue weighted by Gasteiger charge is 2.33. The highest BCUT2D eigenvalue weighted by atomic mass is 16.6. The number of nitrogens with zero attached hydrogens (tertiary/aromatic N) is 2. The highest BCUT2D eigenvalue weighted by molar-refractivity contribution is 5.75. The van der Waals surface area contributed by atoms with E-state index in [1.165, 1.54) is 0 Å². The number of urea groups is 1. The molecule has 1 aliphatic rings. The molecule has 0 saturated carbocycles. The Morgan fingerprint density at radius 2 is 1.59 bits per heavy atom. The number of hydrogen-bond acceptors (Lipinski definition) is 5. The Hall–Kier alpha value is -3.10. The van der Waals surface area contributed by atoms with Crippen LogP contribution in [0.25, 0.3) is 0 Å². The van der Waals surface area contributed by atoms with Gasteiger partial charge in [-0.15, -0.1) is 0 Å². The van der Waals surface area contributed by atoms with Crippen LogP contribution in [0.4, 0.5) is 9.59 Å². The average Bonchev–Trinajstić information content (AvgIpc) is 2.78. The van der Waals surface area contributed by atoms with E-state index in [1.54, 1.807) is 9.80 Å². The molecule has 3 rings (SSSR count). The molecule has 1 heterocycles. The third-order valence-electron chi connectivity index (χ3n) is 4.75. The Kier molecular flexibility index (Phi) is 7.43. The van der Waals surface area contributed by atoms with Crippen LogP contribution in [0.5, 0.6) is 0 Å². The van der Waals surface area contributed by atoms with Crippen molar-refractivity contribution in [1.82, 2.24) is 15.2 Å². The molecule has 1 aliphatic heterocycles. The standard InChI is InChI=1S/C21H26N4O4/c22-23-20(26)25-12-11-24(21(27)29-15-18-9-5-2-6-10-18)13-19(25)16-28-14-17-7-3-1-4-8-17/h1-10,19H,11-16,22H2,(H,23,26)/t19-/m0/s1. The van der Waals surface area contributed by atoms with Crippen molar-refractivity contribution in [3.05, 3.63) is 71.8 Å². The topological polar surface area (TPSA) is 97.1 Å². The highest BCUT2D eigenvalue weighted by Crippen LogP contribution is 2.14. The molecule has 3 N–H and O–H groups in total. The third-order valence-corrected chi connectivity index (χ3v) is 4.75. The van der Waals surface area contributed by atoms with Gasteiger partial charge in [-0.3, -0.25) is 5.43 Å². The van der Waals surface area contributed by atoms with Crippen molar-refractivity contribution in [2.24, 2.45) is 5.84 Å². The largest absolute Gasteiger partial charge is 0.445 e. The summed E-state index contributed by atoms with van der Waals surface area (Å²) in [5.41, 5.74) is 4.12. The maximum absolute atomic E-state index is 12.5. The summed E-state index contributed by atoms with van der Waals surface area (Å²) >= 11 is 0. The Balaban J connectivity index is 1.55. The quantitative estimate of drug-likeness (QED) is 0.441. The first-order valence-corrected chi connectivity index (χ1v) is 9.52. The molecule has 3 amide bonds. The molecular weight excluding hydrogens is 372 g/mol. The number of hydrogen-bond donors (Lipinski definition) is 2. The van der Waals surface area contributed by atoms with Crippen molar-refractivity contribution >= 4 is 12.1 Å². The summed E-state index contributed by atoms with van der Waals surface area (Å²) in [6, 6.07) is 18.6. The smallest absolute Gasteiger partial charge is 0.410 e. The van der Waals surface area contributed by atoms with Crippen LogP contribution in [0.15, 0.2) is 60.7 Å². The van der Waals surface area contributed by atoms with Crippen molar-refractivity contribution in [2.45, 2.75) is 19.3 Å². The van der Waals surface area contributed by atoms with E-state index in [0.29, 0.717) is 26.2 Å². The van der Waals surface area contributed by atoms with E-state index >= 15 is 0 Å². The van der Waals surface area contributed by atoms with Gasteiger partial charge in [0.15, 0.2) is 0 Å². The normalized spacial score (nSPS) is 16.4. The number of nitrogens with one attached hydrogen (secondary N) is 1. The molecule has 0 aromatic heterocycles. The average molecular weight is 398 g/mol. The SMILES string of the molecule is NNC(=O)N1CCN(C(=O)OCc2ccccc2)C[C@H]1COCc1ccccc1. The summed E-state index contributed by atoms with van der Waals surface area (Å²) < 4.78 is 11.2. The zero-order chi connectivity index (χ0) is 20.5. The summed E-state index contributed by atoms with van der Waals surface area (Å²) in [6.07, 6.45) is -0.408. The van der Waals surface area contributed by atoms with E-state index in [4.69, 9.17) is 15.3 Å². The first-order chi connectivity index (χ1) is 14.2. The molecule has 8 heteroatoms. The van der Waals surface area contributed by atoms with Crippen molar-refractivity contribution in [2.75, 3.05) is 26.2 Å². The second kappa shape index (κ2) is 10.4. The molecule has 1 atom stereocenters. The number of ether oxygens (including phenoxy) is 2. The van der Waals surface area contributed by atoms with Gasteiger partial charge in [-0.25, -0.2) is 15.4 Å². The zero-order valence-corrected chi connectivity index (χ0v) is 16.2. The lowest BCUT2D eigenvalue weighted by atomic mass is 10.2. The number of nitrogens with two attached hydrogens (primary N) is 1. The fourth-order valence-electron chi connectivity index (χ4n) is 3.21. The van der Waals surface area contributed by atoms with E-state index in [0.717, 1.165) is 11.1 Å². The Bertz CT molecular complexity index is 788. The number of carbonyl (C=O) groups excluding carboxylic acids is 2. The van der Waals surface area contributed by atoms with Gasteiger partial charge in [-0.2, -0.15) is 0 Å². The molecule has 1 fully saturated rings. The summed E-state index contributed by atoms with van der Waals surface area (Å²) in [7, 11) is 0. The van der Waals surface area contributed by atoms with Gasteiger partial charge in [0.25, 0.3) is 0 Å². The third kappa shape index (κ3) is 5.94. The van der Waals surface area contributed by atoms with Gasteiger partial charge in [0.2, 0.25) is 0 Å². The summed E-state index contributed by atoms with van der Waals surface area (Å²) in [5.74, 6) is 5.30. The number of rotatable bonds is 6. The van der Waals surface area contributed by atoms with Crippen molar-refractivity contribution in [3.63, 3.8) is 0 Å². The molecule has 2 aromatic carbocycles. The molecule has 2 aromatic rings. The summed E-state index contributed by atoms with van der Waals surface area (Å²) in [5, 5.41) is 0. The molecule has 0 unspecified atom stereocenters. The van der Waals surface area contributed by atoms with E-state index in [1.807, 2.05) is 60.7 Å². The van der Waals surface area contributed by atoms with Gasteiger partial charge in [0, 0.05) is 19.6 Å². The van der Waals surface area contributed by atoms with Gasteiger partial charge < -0.3 is 19.3 Å². The van der Waals surface area contributed by atoms with Crippen LogP contribution in [0.2, 0.25) is 0 Å². The monoisotopic (exact) mass is 398 g/mol. The van der Waals surface area contributed by atoms with Crippen LogP contribution < -0.4 is 11.3 Å². The van der Waals surface area contributed by atoms with E-state index in [9.17, 15) is 9.59 Å². The van der Waals surface area contributed by atoms with E-state index < -0.39 is 12.1 Å². The second-order valence-electron chi connectivity index (χ2n) is 6.78. The fraction of sp³-hybridized carbons (Fsp3) is 0.333. The first kappa shape index (κ1) is 20.6. The minimum atomic E-state index is -0.408. The van der Waals surface area contributed by atoms with Gasteiger partial charge in [-0.1, -0.05) is 60.7 Å². The maximum Gasteiger partial charge on any atom is 0.410 e. The molecule has 1 saturated heterocycles. The van der Waals surface area contributed by atoms with Gasteiger partial charge in [0.1, 0.15) is 6.61 Å². The van der Waals surface area contributed by atoms with Crippen LogP contribution in [-0.4, -0.2) is 54.2 Å². The number of piperazine rings is 1. The van der Waals surface area contributed by atoms with E-state index in [2.05, 4.69) is 5.43 Å². The van der Waals surface area contributed by atoms with Gasteiger partial charge in [0.05, 0.1) is 19.3 Å². The van der Waals surface area contributed by atoms with Crippen molar-refractivity contribution < 1.29 is 19.1 Å². The lowest BCUT2D eigenvalue weighted by Crippen LogP contribution is -2.60. The molecule has 0 spiro atoms. The minimum Gasteiger partial charge on any atom is -0.445 e. The van der Waals surface area contributed by atoms with Crippen molar-refractivity contribution in [1.29, 1.82) is 0 Å². The molecule has 29 heavy (non-hydrogen) atoms. The zero-order valence-electron chi connectivity index (χ0n) is 16.2. The Morgan fingerprint density at radius 3 is 2.21 bits per heavy atom. The number of benzene rings is 2. The van der Waals surface area contributed by atoms with Crippen LogP contribution in [0, 0.1) is 0 Å². The minimum absolute atomic E-state index is 0.207. The Labute approximate surface area is 170 Å². The number of carbonyl (C=O) groups is 2. The van der Waals surface area contributed by atoms with Crippen LogP contribution in [0.3, 0.4) is 0 Å². The fourth-order valence-corrected chi connectivity index (χ4v) is 3.21. The lowest BCUT2D eigenvalue weighted by molar-refractivity contribution is 0.0157. The first-order valence-electron chi connectivity index (χ1n) is 9.52. The lowest BCUT2D eigenvalue weighted by Gasteiger charge is -2.40. The van der Waals surface area contributed by atoms with Crippen LogP contribution in [0.1, 0.15) is 11.1 Å². The van der Waals surface area contributed by atoms with Crippen molar-refractivity contribution in [3.8, 4) is 0 Å². The molecule has 8 nitrogen and oxygen atoms in total. The number of amides is 3. The second-order valence-corrected chi connectivity index (χ2v) is 6.78. The van der Waals surface area contributed by atoms with Gasteiger partial charge in [-0.05, 0) is 11.1 Å². The van der Waals surface area contributed by atoms with Crippen LogP contribution >= 0.6 is 0 Å². The molecular formula is C21H26N4O4. The number of hydrazine groups is 1. The molecule has 0 bridgehead atoms. The molecule has 0 aliphatic carbocycles. The predicted molar refractivity (Wildman–Crippen MR) is 108 cm³/mol. The van der Waals surface area contributed by atoms with E-state index in [-0.39, 0.29) is 19.3 Å². The van der Waals surface area contributed by atoms with Gasteiger partial charge >= 0.3 is 12.1 Å². The van der Waals surface area contributed by atoms with Crippen LogP contribution in [-0.2, 0) is 22.7 Å². The maximum atomic E-state index is 12.5. The summed E-state index contributed by atoms with van der Waals surface area (Å²) in [6.45, 7) is 1.95. The predicted octanol–water partition coefficient (Wildman–Crippen LogP) is 2.11. The Morgan fingerprint density at radius 1 is 0.966 bits per heavy atom. The summed E-state index contributed by atoms with van der Waals surface area (Å²) in [4.78, 5) is 27.8.